The van der Waals surface area contributed by atoms with Gasteiger partial charge in [0.05, 0.1) is 5.52 Å². The quantitative estimate of drug-likeness (QED) is 0.854. The van der Waals surface area contributed by atoms with Crippen molar-refractivity contribution in [1.29, 1.82) is 0 Å². The molecule has 90 valence electrons. The van der Waals surface area contributed by atoms with Crippen molar-refractivity contribution in [3.8, 4) is 0 Å². The van der Waals surface area contributed by atoms with Gasteiger partial charge in [-0.2, -0.15) is 0 Å². The molecule has 0 saturated heterocycles. The molecule has 1 aromatic heterocycles. The largest absolute Gasteiger partial charge is 0.347 e. The van der Waals surface area contributed by atoms with Crippen molar-refractivity contribution < 1.29 is 0 Å². The molecule has 1 aliphatic heterocycles. The van der Waals surface area contributed by atoms with Gasteiger partial charge in [0.25, 0.3) is 0 Å². The van der Waals surface area contributed by atoms with Crippen LogP contribution in [0.25, 0.3) is 10.9 Å². The zero-order valence-electron chi connectivity index (χ0n) is 10.7. The van der Waals surface area contributed by atoms with Crippen molar-refractivity contribution >= 4 is 10.9 Å². The molecule has 2 heteroatoms. The first-order valence-corrected chi connectivity index (χ1v) is 6.58. The molecule has 0 radical (unpaired) electrons. The Balaban J connectivity index is 2.00. The van der Waals surface area contributed by atoms with Crippen molar-refractivity contribution in [2.75, 3.05) is 0 Å². The number of rotatable bonds is 3. The molecule has 0 fully saturated rings. The fourth-order valence-electron chi connectivity index (χ4n) is 2.75. The molecular formula is C15H20N2. The van der Waals surface area contributed by atoms with Gasteiger partial charge in [-0.25, -0.2) is 0 Å². The summed E-state index contributed by atoms with van der Waals surface area (Å²) in [7, 11) is 0. The maximum Gasteiger partial charge on any atom is 0.0513 e. The summed E-state index contributed by atoms with van der Waals surface area (Å²) < 4.78 is 2.40. The molecule has 0 spiro atoms. The summed E-state index contributed by atoms with van der Waals surface area (Å²) in [5.74, 6) is 0. The molecule has 17 heavy (non-hydrogen) atoms. The molecule has 2 nitrogen and oxygen atoms in total. The van der Waals surface area contributed by atoms with Crippen LogP contribution in [0.4, 0.5) is 0 Å². The first-order valence-electron chi connectivity index (χ1n) is 6.58. The summed E-state index contributed by atoms with van der Waals surface area (Å²) in [4.78, 5) is 0. The zero-order valence-corrected chi connectivity index (χ0v) is 10.7. The van der Waals surface area contributed by atoms with Gasteiger partial charge in [0.15, 0.2) is 0 Å². The number of nitrogens with one attached hydrogen (secondary N) is 1. The van der Waals surface area contributed by atoms with Crippen LogP contribution in [0.1, 0.15) is 31.4 Å². The second-order valence-electron chi connectivity index (χ2n) is 5.34. The van der Waals surface area contributed by atoms with Crippen LogP contribution >= 0.6 is 0 Å². The van der Waals surface area contributed by atoms with Gasteiger partial charge in [0.2, 0.25) is 0 Å². The van der Waals surface area contributed by atoms with E-state index in [-0.39, 0.29) is 0 Å². The topological polar surface area (TPSA) is 17.0 Å². The highest BCUT2D eigenvalue weighted by molar-refractivity contribution is 5.84. The molecule has 0 bridgehead atoms. The molecule has 2 aromatic rings. The Morgan fingerprint density at radius 3 is 3.06 bits per heavy atom. The van der Waals surface area contributed by atoms with Gasteiger partial charge >= 0.3 is 0 Å². The third-order valence-corrected chi connectivity index (χ3v) is 3.56. The van der Waals surface area contributed by atoms with E-state index < -0.39 is 0 Å². The van der Waals surface area contributed by atoms with Crippen molar-refractivity contribution in [3.63, 3.8) is 0 Å². The Hall–Kier alpha value is -1.28. The molecule has 3 rings (SSSR count). The predicted octanol–water partition coefficient (Wildman–Crippen LogP) is 3.09. The van der Waals surface area contributed by atoms with Crippen LogP contribution < -0.4 is 5.32 Å². The molecule has 0 unspecified atom stereocenters. The second-order valence-corrected chi connectivity index (χ2v) is 5.34. The Bertz CT molecular complexity index is 537. The number of nitrogens with zero attached hydrogens (tertiary/aromatic N) is 1. The van der Waals surface area contributed by atoms with Crippen LogP contribution in [0.5, 0.6) is 0 Å². The third-order valence-electron chi connectivity index (χ3n) is 3.56. The highest BCUT2D eigenvalue weighted by atomic mass is 15.0. The average molecular weight is 228 g/mol. The van der Waals surface area contributed by atoms with E-state index in [1.165, 1.54) is 41.4 Å². The van der Waals surface area contributed by atoms with E-state index in [0.717, 1.165) is 6.54 Å². The minimum atomic E-state index is 0.548. The standard InChI is InChI=1S/C15H20N2/c1-11(2)16-10-12-8-13-4-3-6-17-7-5-14(9-12)15(13)17/h5,7-9,11,16H,3-4,6,10H2,1-2H3. The first kappa shape index (κ1) is 10.8. The van der Waals surface area contributed by atoms with E-state index in [4.69, 9.17) is 0 Å². The first-order chi connectivity index (χ1) is 8.24. The SMILES string of the molecule is CC(C)NCc1cc2c3c(ccn3CCC2)c1. The molecule has 0 saturated carbocycles. The number of hydrogen-bond donors (Lipinski definition) is 1. The number of aromatic nitrogens is 1. The summed E-state index contributed by atoms with van der Waals surface area (Å²) in [5, 5.41) is 4.90. The van der Waals surface area contributed by atoms with Crippen LogP contribution in [0.3, 0.4) is 0 Å². The lowest BCUT2D eigenvalue weighted by Gasteiger charge is -2.17. The van der Waals surface area contributed by atoms with Crippen LogP contribution in [0, 0.1) is 0 Å². The second kappa shape index (κ2) is 4.19. The molecule has 1 N–H and O–H groups in total. The van der Waals surface area contributed by atoms with Crippen LogP contribution in [-0.4, -0.2) is 10.6 Å². The minimum absolute atomic E-state index is 0.548. The Kier molecular flexibility index (Phi) is 2.67. The van der Waals surface area contributed by atoms with Crippen molar-refractivity contribution in [2.24, 2.45) is 0 Å². The number of aryl methyl sites for hydroxylation is 2. The molecule has 1 aromatic carbocycles. The lowest BCUT2D eigenvalue weighted by molar-refractivity contribution is 0.587. The van der Waals surface area contributed by atoms with E-state index in [2.05, 4.69) is 48.1 Å². The lowest BCUT2D eigenvalue weighted by atomic mass is 10.0. The Morgan fingerprint density at radius 2 is 2.24 bits per heavy atom. The van der Waals surface area contributed by atoms with E-state index in [1.807, 2.05) is 0 Å². The smallest absolute Gasteiger partial charge is 0.0513 e. The molecule has 2 heterocycles. The maximum absolute atomic E-state index is 3.50. The van der Waals surface area contributed by atoms with Gasteiger partial charge < -0.3 is 9.88 Å². The van der Waals surface area contributed by atoms with Crippen molar-refractivity contribution in [3.05, 3.63) is 35.5 Å². The normalized spacial score (nSPS) is 14.8. The molecule has 1 aliphatic rings. The van der Waals surface area contributed by atoms with Crippen molar-refractivity contribution in [2.45, 2.75) is 45.8 Å². The maximum atomic E-state index is 3.50. The van der Waals surface area contributed by atoms with E-state index >= 15 is 0 Å². The summed E-state index contributed by atoms with van der Waals surface area (Å²) >= 11 is 0. The van der Waals surface area contributed by atoms with Gasteiger partial charge in [-0.3, -0.25) is 0 Å². The minimum Gasteiger partial charge on any atom is -0.347 e. The van der Waals surface area contributed by atoms with Crippen LogP contribution in [0.2, 0.25) is 0 Å². The molecule has 0 amide bonds. The summed E-state index contributed by atoms with van der Waals surface area (Å²) in [6.07, 6.45) is 4.74. The lowest BCUT2D eigenvalue weighted by Crippen LogP contribution is -2.22. The van der Waals surface area contributed by atoms with Gasteiger partial charge in [-0.15, -0.1) is 0 Å². The van der Waals surface area contributed by atoms with E-state index in [0.29, 0.717) is 6.04 Å². The monoisotopic (exact) mass is 228 g/mol. The Labute approximate surface area is 103 Å². The number of benzene rings is 1. The average Bonchev–Trinajstić information content (AvgIpc) is 2.72. The summed E-state index contributed by atoms with van der Waals surface area (Å²) in [6, 6.07) is 7.51. The third kappa shape index (κ3) is 1.98. The molecular weight excluding hydrogens is 208 g/mol. The fourth-order valence-corrected chi connectivity index (χ4v) is 2.75. The molecule has 0 atom stereocenters. The Morgan fingerprint density at radius 1 is 1.35 bits per heavy atom. The van der Waals surface area contributed by atoms with Gasteiger partial charge in [-0.1, -0.05) is 19.9 Å². The van der Waals surface area contributed by atoms with Crippen molar-refractivity contribution in [1.82, 2.24) is 9.88 Å². The van der Waals surface area contributed by atoms with Crippen LogP contribution in [-0.2, 0) is 19.5 Å². The summed E-state index contributed by atoms with van der Waals surface area (Å²) in [5.41, 5.74) is 4.41. The molecule has 0 aliphatic carbocycles. The van der Waals surface area contributed by atoms with Gasteiger partial charge in [0.1, 0.15) is 0 Å². The van der Waals surface area contributed by atoms with Crippen LogP contribution in [0.15, 0.2) is 24.4 Å². The predicted molar refractivity (Wildman–Crippen MR) is 72.2 cm³/mol. The fraction of sp³-hybridized carbons (Fsp3) is 0.467. The van der Waals surface area contributed by atoms with Gasteiger partial charge in [0, 0.05) is 30.7 Å². The zero-order chi connectivity index (χ0) is 11.8. The summed E-state index contributed by atoms with van der Waals surface area (Å²) in [6.45, 7) is 6.55. The number of hydrogen-bond acceptors (Lipinski definition) is 1. The van der Waals surface area contributed by atoms with E-state index in [9.17, 15) is 0 Å². The van der Waals surface area contributed by atoms with E-state index in [1.54, 1.807) is 0 Å². The highest BCUT2D eigenvalue weighted by Crippen LogP contribution is 2.27. The highest BCUT2D eigenvalue weighted by Gasteiger charge is 2.13. The van der Waals surface area contributed by atoms with Gasteiger partial charge in [-0.05, 0) is 36.1 Å².